The fraction of sp³-hybridized carbons (Fsp3) is 0.235. The van der Waals surface area contributed by atoms with Crippen LogP contribution in [0.5, 0.6) is 5.75 Å². The van der Waals surface area contributed by atoms with E-state index in [2.05, 4.69) is 24.1 Å². The number of ether oxygens (including phenoxy) is 1. The van der Waals surface area contributed by atoms with Gasteiger partial charge >= 0.3 is 5.97 Å². The lowest BCUT2D eigenvalue weighted by Gasteiger charge is -2.14. The van der Waals surface area contributed by atoms with Crippen molar-refractivity contribution in [2.24, 2.45) is 0 Å². The van der Waals surface area contributed by atoms with Crippen molar-refractivity contribution in [1.82, 2.24) is 0 Å². The second kappa shape index (κ2) is 5.13. The van der Waals surface area contributed by atoms with Crippen LogP contribution in [0.1, 0.15) is 15.9 Å². The molecule has 0 atom stereocenters. The van der Waals surface area contributed by atoms with Gasteiger partial charge in [-0.3, -0.25) is 0 Å². The number of anilines is 1. The molecule has 0 fully saturated rings. The van der Waals surface area contributed by atoms with E-state index in [4.69, 9.17) is 9.84 Å². The minimum atomic E-state index is -0.931. The quantitative estimate of drug-likeness (QED) is 0.940. The predicted octanol–water partition coefficient (Wildman–Crippen LogP) is 3.05. The van der Waals surface area contributed by atoms with Crippen molar-refractivity contribution < 1.29 is 14.6 Å². The van der Waals surface area contributed by atoms with Crippen LogP contribution in [-0.2, 0) is 6.42 Å². The fourth-order valence-corrected chi connectivity index (χ4v) is 2.80. The summed E-state index contributed by atoms with van der Waals surface area (Å²) in [7, 11) is 3.68. The smallest absolute Gasteiger partial charge is 0.335 e. The molecule has 108 valence electrons. The van der Waals surface area contributed by atoms with Crippen LogP contribution in [0.25, 0.3) is 11.1 Å². The molecule has 4 heteroatoms. The molecule has 0 spiro atoms. The molecule has 2 aromatic carbocycles. The van der Waals surface area contributed by atoms with E-state index in [1.54, 1.807) is 25.3 Å². The van der Waals surface area contributed by atoms with Crippen molar-refractivity contribution in [3.63, 3.8) is 0 Å². The maximum absolute atomic E-state index is 11.2. The van der Waals surface area contributed by atoms with E-state index in [0.29, 0.717) is 5.75 Å². The molecule has 1 N–H and O–H groups in total. The Morgan fingerprint density at radius 2 is 2.05 bits per heavy atom. The van der Waals surface area contributed by atoms with Gasteiger partial charge in [0, 0.05) is 24.8 Å². The zero-order valence-electron chi connectivity index (χ0n) is 12.1. The number of carboxylic acids is 1. The lowest BCUT2D eigenvalue weighted by Crippen LogP contribution is -2.12. The van der Waals surface area contributed by atoms with Crippen LogP contribution in [-0.4, -0.2) is 31.8 Å². The summed E-state index contributed by atoms with van der Waals surface area (Å²) >= 11 is 0. The molecular weight excluding hydrogens is 266 g/mol. The maximum Gasteiger partial charge on any atom is 0.335 e. The average Bonchev–Trinajstić information content (AvgIpc) is 2.87. The lowest BCUT2D eigenvalue weighted by molar-refractivity contribution is 0.0697. The molecule has 0 saturated carbocycles. The maximum atomic E-state index is 11.2. The standard InChI is InChI=1S/C17H17NO3/c1-18-8-7-12-9-11(3-5-15(12)18)14-10-13(17(19)20)4-6-16(14)21-2/h3-6,9-10H,7-8H2,1-2H3,(H,19,20). The Hall–Kier alpha value is -2.49. The highest BCUT2D eigenvalue weighted by Crippen LogP contribution is 2.35. The zero-order valence-corrected chi connectivity index (χ0v) is 12.1. The Balaban J connectivity index is 2.11. The number of benzene rings is 2. The number of nitrogens with zero attached hydrogens (tertiary/aromatic N) is 1. The second-order valence-corrected chi connectivity index (χ2v) is 5.24. The number of methoxy groups -OCH3 is 1. The van der Waals surface area contributed by atoms with E-state index >= 15 is 0 Å². The van der Waals surface area contributed by atoms with Crippen LogP contribution in [0.2, 0.25) is 0 Å². The highest BCUT2D eigenvalue weighted by Gasteiger charge is 2.17. The molecule has 0 aromatic heterocycles. The second-order valence-electron chi connectivity index (χ2n) is 5.24. The minimum absolute atomic E-state index is 0.267. The van der Waals surface area contributed by atoms with Crippen molar-refractivity contribution in [1.29, 1.82) is 0 Å². The number of carboxylic acid groups (broad SMARTS) is 1. The average molecular weight is 283 g/mol. The minimum Gasteiger partial charge on any atom is -0.496 e. The molecule has 3 rings (SSSR count). The summed E-state index contributed by atoms with van der Waals surface area (Å²) in [5.74, 6) is -0.244. The summed E-state index contributed by atoms with van der Waals surface area (Å²) in [6, 6.07) is 11.2. The Kier molecular flexibility index (Phi) is 3.29. The molecule has 0 aliphatic carbocycles. The first-order valence-corrected chi connectivity index (χ1v) is 6.86. The Morgan fingerprint density at radius 3 is 2.76 bits per heavy atom. The van der Waals surface area contributed by atoms with E-state index < -0.39 is 5.97 Å². The molecule has 0 radical (unpaired) electrons. The highest BCUT2D eigenvalue weighted by atomic mass is 16.5. The van der Waals surface area contributed by atoms with E-state index in [0.717, 1.165) is 24.1 Å². The monoisotopic (exact) mass is 283 g/mol. The summed E-state index contributed by atoms with van der Waals surface area (Å²) in [6.45, 7) is 1.02. The number of hydrogen-bond acceptors (Lipinski definition) is 3. The SMILES string of the molecule is COc1ccc(C(=O)O)cc1-c1ccc2c(c1)CCN2C. The Morgan fingerprint density at radius 1 is 1.24 bits per heavy atom. The normalized spacial score (nSPS) is 13.1. The van der Waals surface area contributed by atoms with Gasteiger partial charge in [-0.1, -0.05) is 6.07 Å². The molecule has 2 aromatic rings. The van der Waals surface area contributed by atoms with Gasteiger partial charge in [0.1, 0.15) is 5.75 Å². The molecule has 0 amide bonds. The number of carbonyl (C=O) groups is 1. The van der Waals surface area contributed by atoms with Crippen LogP contribution < -0.4 is 9.64 Å². The first kappa shape index (κ1) is 13.5. The van der Waals surface area contributed by atoms with Gasteiger partial charge in [-0.2, -0.15) is 0 Å². The summed E-state index contributed by atoms with van der Waals surface area (Å²) in [6.07, 6.45) is 1.01. The summed E-state index contributed by atoms with van der Waals surface area (Å²) in [5.41, 5.74) is 4.60. The van der Waals surface area contributed by atoms with E-state index in [9.17, 15) is 4.79 Å². The predicted molar refractivity (Wildman–Crippen MR) is 82.4 cm³/mol. The fourth-order valence-electron chi connectivity index (χ4n) is 2.80. The van der Waals surface area contributed by atoms with E-state index in [-0.39, 0.29) is 5.56 Å². The molecule has 1 aliphatic rings. The largest absolute Gasteiger partial charge is 0.496 e. The van der Waals surface area contributed by atoms with Gasteiger partial charge in [0.2, 0.25) is 0 Å². The first-order chi connectivity index (χ1) is 10.1. The van der Waals surface area contributed by atoms with Gasteiger partial charge in [-0.25, -0.2) is 4.79 Å². The molecule has 4 nitrogen and oxygen atoms in total. The zero-order chi connectivity index (χ0) is 15.0. The van der Waals surface area contributed by atoms with E-state index in [1.165, 1.54) is 11.3 Å². The van der Waals surface area contributed by atoms with Crippen molar-refractivity contribution in [2.75, 3.05) is 25.6 Å². The molecule has 0 unspecified atom stereocenters. The van der Waals surface area contributed by atoms with Crippen LogP contribution in [0.15, 0.2) is 36.4 Å². The van der Waals surface area contributed by atoms with Crippen molar-refractivity contribution >= 4 is 11.7 Å². The van der Waals surface area contributed by atoms with Gasteiger partial charge in [-0.15, -0.1) is 0 Å². The Bertz CT molecular complexity index is 709. The van der Waals surface area contributed by atoms with Crippen molar-refractivity contribution in [3.8, 4) is 16.9 Å². The van der Waals surface area contributed by atoms with Crippen LogP contribution in [0.3, 0.4) is 0 Å². The lowest BCUT2D eigenvalue weighted by atomic mass is 9.99. The third-order valence-electron chi connectivity index (χ3n) is 3.96. The van der Waals surface area contributed by atoms with Crippen LogP contribution in [0, 0.1) is 0 Å². The number of aromatic carboxylic acids is 1. The molecule has 1 aliphatic heterocycles. The van der Waals surface area contributed by atoms with Crippen LogP contribution in [0.4, 0.5) is 5.69 Å². The third-order valence-corrected chi connectivity index (χ3v) is 3.96. The highest BCUT2D eigenvalue weighted by molar-refractivity contribution is 5.90. The van der Waals surface area contributed by atoms with Gasteiger partial charge in [0.15, 0.2) is 0 Å². The summed E-state index contributed by atoms with van der Waals surface area (Å²) in [5, 5.41) is 9.16. The molecule has 0 bridgehead atoms. The van der Waals surface area contributed by atoms with Gasteiger partial charge < -0.3 is 14.7 Å². The molecule has 1 heterocycles. The van der Waals surface area contributed by atoms with Crippen molar-refractivity contribution in [3.05, 3.63) is 47.5 Å². The van der Waals surface area contributed by atoms with Crippen LogP contribution >= 0.6 is 0 Å². The molecule has 21 heavy (non-hydrogen) atoms. The first-order valence-electron chi connectivity index (χ1n) is 6.86. The van der Waals surface area contributed by atoms with Gasteiger partial charge in [-0.05, 0) is 47.9 Å². The number of hydrogen-bond donors (Lipinski definition) is 1. The summed E-state index contributed by atoms with van der Waals surface area (Å²) in [4.78, 5) is 13.4. The Labute approximate surface area is 123 Å². The van der Waals surface area contributed by atoms with Gasteiger partial charge in [0.05, 0.1) is 12.7 Å². The molecular formula is C17H17NO3. The number of fused-ring (bicyclic) bond motifs is 1. The molecule has 0 saturated heterocycles. The summed E-state index contributed by atoms with van der Waals surface area (Å²) < 4.78 is 5.37. The van der Waals surface area contributed by atoms with E-state index in [1.807, 2.05) is 6.07 Å². The topological polar surface area (TPSA) is 49.8 Å². The third kappa shape index (κ3) is 2.33. The number of rotatable bonds is 3. The number of likely N-dealkylation sites (N-methyl/N-ethyl adjacent to an activating group) is 1. The van der Waals surface area contributed by atoms with Crippen molar-refractivity contribution in [2.45, 2.75) is 6.42 Å². The van der Waals surface area contributed by atoms with Gasteiger partial charge in [0.25, 0.3) is 0 Å².